The molecule has 0 fully saturated rings. The Morgan fingerprint density at radius 3 is 2.35 bits per heavy atom. The number of hydrogen-bond acceptors (Lipinski definition) is 4. The lowest BCUT2D eigenvalue weighted by Crippen LogP contribution is -1.95. The molecular formula is C12H12O5. The molecule has 0 spiro atoms. The van der Waals surface area contributed by atoms with Gasteiger partial charge in [0, 0.05) is 17.0 Å². The Balaban J connectivity index is 2.75. The van der Waals surface area contributed by atoms with Crippen LogP contribution in [0, 0.1) is 6.92 Å². The van der Waals surface area contributed by atoms with E-state index in [1.807, 2.05) is 0 Å². The Bertz CT molecular complexity index is 582. The molecule has 5 nitrogen and oxygen atoms in total. The summed E-state index contributed by atoms with van der Waals surface area (Å²) in [6, 6.07) is 3.33. The van der Waals surface area contributed by atoms with Gasteiger partial charge >= 0.3 is 5.97 Å². The summed E-state index contributed by atoms with van der Waals surface area (Å²) in [6.07, 6.45) is 0. The topological polar surface area (TPSA) is 68.9 Å². The third-order valence-electron chi connectivity index (χ3n) is 2.64. The van der Waals surface area contributed by atoms with Crippen molar-refractivity contribution in [2.75, 3.05) is 14.2 Å². The van der Waals surface area contributed by atoms with Crippen LogP contribution in [0.15, 0.2) is 16.5 Å². The molecule has 17 heavy (non-hydrogen) atoms. The first kappa shape index (κ1) is 11.3. The Morgan fingerprint density at radius 2 is 1.82 bits per heavy atom. The van der Waals surface area contributed by atoms with Gasteiger partial charge in [0.05, 0.1) is 14.2 Å². The molecule has 5 heteroatoms. The van der Waals surface area contributed by atoms with Crippen LogP contribution < -0.4 is 9.47 Å². The molecule has 0 unspecified atom stereocenters. The molecule has 0 amide bonds. The van der Waals surface area contributed by atoms with Gasteiger partial charge in [0.2, 0.25) is 5.76 Å². The highest BCUT2D eigenvalue weighted by molar-refractivity contribution is 5.96. The third kappa shape index (κ3) is 1.69. The molecular weight excluding hydrogens is 224 g/mol. The van der Waals surface area contributed by atoms with E-state index in [0.717, 1.165) is 0 Å². The molecule has 1 aromatic heterocycles. The van der Waals surface area contributed by atoms with E-state index in [2.05, 4.69) is 0 Å². The van der Waals surface area contributed by atoms with Crippen molar-refractivity contribution in [1.82, 2.24) is 0 Å². The zero-order chi connectivity index (χ0) is 12.6. The molecule has 1 aromatic carbocycles. The molecule has 90 valence electrons. The van der Waals surface area contributed by atoms with Crippen molar-refractivity contribution in [1.29, 1.82) is 0 Å². The summed E-state index contributed by atoms with van der Waals surface area (Å²) >= 11 is 0. The fourth-order valence-corrected chi connectivity index (χ4v) is 1.75. The van der Waals surface area contributed by atoms with Gasteiger partial charge in [-0.15, -0.1) is 0 Å². The van der Waals surface area contributed by atoms with Crippen LogP contribution in [0.2, 0.25) is 0 Å². The number of fused-ring (bicyclic) bond motifs is 1. The van der Waals surface area contributed by atoms with Crippen molar-refractivity contribution >= 4 is 16.9 Å². The monoisotopic (exact) mass is 236 g/mol. The number of aromatic carboxylic acids is 1. The van der Waals surface area contributed by atoms with Crippen molar-refractivity contribution in [2.24, 2.45) is 0 Å². The predicted octanol–water partition coefficient (Wildman–Crippen LogP) is 2.46. The number of carbonyl (C=O) groups is 1. The minimum Gasteiger partial charge on any atom is -0.493 e. The van der Waals surface area contributed by atoms with Gasteiger partial charge in [-0.05, 0) is 13.0 Å². The Kier molecular flexibility index (Phi) is 2.67. The van der Waals surface area contributed by atoms with E-state index in [9.17, 15) is 4.79 Å². The second-order valence-electron chi connectivity index (χ2n) is 3.56. The zero-order valence-corrected chi connectivity index (χ0v) is 9.73. The average Bonchev–Trinajstić information content (AvgIpc) is 2.64. The second-order valence-corrected chi connectivity index (χ2v) is 3.56. The summed E-state index contributed by atoms with van der Waals surface area (Å²) in [4.78, 5) is 10.9. The number of hydrogen-bond donors (Lipinski definition) is 1. The molecule has 0 atom stereocenters. The smallest absolute Gasteiger partial charge is 0.372 e. The summed E-state index contributed by atoms with van der Waals surface area (Å²) < 4.78 is 15.5. The maximum absolute atomic E-state index is 10.9. The van der Waals surface area contributed by atoms with E-state index in [-0.39, 0.29) is 5.76 Å². The normalized spacial score (nSPS) is 10.5. The van der Waals surface area contributed by atoms with Crippen LogP contribution >= 0.6 is 0 Å². The minimum atomic E-state index is -1.09. The van der Waals surface area contributed by atoms with Gasteiger partial charge in [0.15, 0.2) is 11.5 Å². The van der Waals surface area contributed by atoms with Crippen LogP contribution in [0.4, 0.5) is 0 Å². The first-order chi connectivity index (χ1) is 8.08. The number of aryl methyl sites for hydroxylation is 1. The van der Waals surface area contributed by atoms with Gasteiger partial charge in [-0.1, -0.05) is 0 Å². The number of furan rings is 1. The molecule has 1 N–H and O–H groups in total. The van der Waals surface area contributed by atoms with E-state index < -0.39 is 5.97 Å². The van der Waals surface area contributed by atoms with Crippen molar-refractivity contribution < 1.29 is 23.8 Å². The lowest BCUT2D eigenvalue weighted by atomic mass is 10.1. The van der Waals surface area contributed by atoms with E-state index >= 15 is 0 Å². The third-order valence-corrected chi connectivity index (χ3v) is 2.64. The largest absolute Gasteiger partial charge is 0.493 e. The van der Waals surface area contributed by atoms with E-state index in [1.54, 1.807) is 19.1 Å². The number of methoxy groups -OCH3 is 2. The van der Waals surface area contributed by atoms with Gasteiger partial charge in [-0.2, -0.15) is 0 Å². The number of ether oxygens (including phenoxy) is 2. The number of carboxylic acid groups (broad SMARTS) is 1. The fraction of sp³-hybridized carbons (Fsp3) is 0.250. The zero-order valence-electron chi connectivity index (χ0n) is 9.73. The maximum atomic E-state index is 10.9. The van der Waals surface area contributed by atoms with Crippen LogP contribution in [0.5, 0.6) is 11.5 Å². The first-order valence-electron chi connectivity index (χ1n) is 4.97. The second kappa shape index (κ2) is 4.01. The van der Waals surface area contributed by atoms with Gasteiger partial charge in [-0.25, -0.2) is 4.79 Å². The molecule has 0 aliphatic rings. The molecule has 2 aromatic rings. The van der Waals surface area contributed by atoms with E-state index in [4.69, 9.17) is 19.0 Å². The highest BCUT2D eigenvalue weighted by Gasteiger charge is 2.18. The Hall–Kier alpha value is -2.17. The van der Waals surface area contributed by atoms with E-state index in [0.29, 0.717) is 28.0 Å². The summed E-state index contributed by atoms with van der Waals surface area (Å²) in [6.45, 7) is 1.70. The lowest BCUT2D eigenvalue weighted by Gasteiger charge is -2.06. The van der Waals surface area contributed by atoms with Crippen molar-refractivity contribution in [3.8, 4) is 11.5 Å². The summed E-state index contributed by atoms with van der Waals surface area (Å²) in [7, 11) is 3.04. The minimum absolute atomic E-state index is 0.0599. The quantitative estimate of drug-likeness (QED) is 0.886. The summed E-state index contributed by atoms with van der Waals surface area (Å²) in [5.74, 6) is -0.0986. The van der Waals surface area contributed by atoms with Crippen LogP contribution in [0.1, 0.15) is 16.1 Å². The SMILES string of the molecule is COc1cc2oc(C(=O)O)c(C)c2cc1OC. The molecule has 0 bridgehead atoms. The molecule has 0 saturated carbocycles. The Labute approximate surface area is 97.6 Å². The van der Waals surface area contributed by atoms with Gasteiger partial charge < -0.3 is 19.0 Å². The van der Waals surface area contributed by atoms with Crippen LogP contribution in [0.3, 0.4) is 0 Å². The first-order valence-corrected chi connectivity index (χ1v) is 4.97. The van der Waals surface area contributed by atoms with Crippen molar-refractivity contribution in [3.63, 3.8) is 0 Å². The van der Waals surface area contributed by atoms with Crippen molar-refractivity contribution in [2.45, 2.75) is 6.92 Å². The van der Waals surface area contributed by atoms with Gasteiger partial charge in [0.1, 0.15) is 5.58 Å². The maximum Gasteiger partial charge on any atom is 0.372 e. The van der Waals surface area contributed by atoms with E-state index in [1.165, 1.54) is 14.2 Å². The number of rotatable bonds is 3. The Morgan fingerprint density at radius 1 is 1.24 bits per heavy atom. The van der Waals surface area contributed by atoms with Crippen molar-refractivity contribution in [3.05, 3.63) is 23.5 Å². The summed E-state index contributed by atoms with van der Waals surface area (Å²) in [5.41, 5.74) is 1.05. The fourth-order valence-electron chi connectivity index (χ4n) is 1.75. The molecule has 0 saturated heterocycles. The van der Waals surface area contributed by atoms with Crippen LogP contribution in [-0.4, -0.2) is 25.3 Å². The predicted molar refractivity (Wildman–Crippen MR) is 61.0 cm³/mol. The molecule has 0 aliphatic carbocycles. The highest BCUT2D eigenvalue weighted by Crippen LogP contribution is 2.35. The molecule has 1 heterocycles. The summed E-state index contributed by atoms with van der Waals surface area (Å²) in [5, 5.41) is 9.67. The standard InChI is InChI=1S/C12H12O5/c1-6-7-4-9(15-2)10(16-3)5-8(7)17-11(6)12(13)14/h4-5H,1-3H3,(H,13,14). The number of carboxylic acids is 1. The average molecular weight is 236 g/mol. The van der Waals surface area contributed by atoms with Crippen LogP contribution in [-0.2, 0) is 0 Å². The van der Waals surface area contributed by atoms with Gasteiger partial charge in [0.25, 0.3) is 0 Å². The highest BCUT2D eigenvalue weighted by atomic mass is 16.5. The number of benzene rings is 1. The molecule has 0 radical (unpaired) electrons. The van der Waals surface area contributed by atoms with Crippen LogP contribution in [0.25, 0.3) is 11.0 Å². The molecule has 0 aliphatic heterocycles. The molecule has 2 rings (SSSR count). The van der Waals surface area contributed by atoms with Gasteiger partial charge in [-0.3, -0.25) is 0 Å². The lowest BCUT2D eigenvalue weighted by molar-refractivity contribution is 0.0664.